The van der Waals surface area contributed by atoms with Gasteiger partial charge in [-0.1, -0.05) is 13.8 Å². The number of carbonyl (C=O) groups is 1. The Bertz CT molecular complexity index is 318. The number of hydrogen-bond acceptors (Lipinski definition) is 3. The van der Waals surface area contributed by atoms with Gasteiger partial charge in [0.25, 0.3) is 0 Å². The van der Waals surface area contributed by atoms with Crippen LogP contribution in [0.1, 0.15) is 52.4 Å². The van der Waals surface area contributed by atoms with Crippen LogP contribution in [0, 0.1) is 11.3 Å². The molecule has 1 unspecified atom stereocenters. The van der Waals surface area contributed by atoms with Crippen molar-refractivity contribution in [1.82, 2.24) is 15.5 Å². The van der Waals surface area contributed by atoms with Gasteiger partial charge in [0, 0.05) is 13.1 Å². The minimum atomic E-state index is -0.154. The van der Waals surface area contributed by atoms with Crippen LogP contribution in [0.2, 0.25) is 0 Å². The van der Waals surface area contributed by atoms with Crippen molar-refractivity contribution in [3.05, 3.63) is 0 Å². The molecule has 2 saturated heterocycles. The SMILES string of the molecule is CCC1(C(=O)NCCCN2CCC(C)CC2)CCCNC1. The number of carbonyl (C=O) groups excluding carboxylic acids is 1. The Hall–Kier alpha value is -0.610. The van der Waals surface area contributed by atoms with E-state index in [2.05, 4.69) is 29.4 Å². The lowest BCUT2D eigenvalue weighted by Gasteiger charge is -2.35. The van der Waals surface area contributed by atoms with E-state index in [0.717, 1.165) is 57.8 Å². The molecular weight excluding hydrogens is 262 g/mol. The van der Waals surface area contributed by atoms with Crippen molar-refractivity contribution in [3.63, 3.8) is 0 Å². The third-order valence-corrected chi connectivity index (χ3v) is 5.44. The summed E-state index contributed by atoms with van der Waals surface area (Å²) in [6.07, 6.45) is 6.83. The van der Waals surface area contributed by atoms with Gasteiger partial charge in [-0.25, -0.2) is 0 Å². The summed E-state index contributed by atoms with van der Waals surface area (Å²) in [5.74, 6) is 1.16. The molecule has 0 aromatic carbocycles. The summed E-state index contributed by atoms with van der Waals surface area (Å²) in [6, 6.07) is 0. The zero-order chi connectivity index (χ0) is 15.1. The summed E-state index contributed by atoms with van der Waals surface area (Å²) in [5.41, 5.74) is -0.154. The van der Waals surface area contributed by atoms with E-state index in [-0.39, 0.29) is 11.3 Å². The van der Waals surface area contributed by atoms with Crippen LogP contribution in [0.25, 0.3) is 0 Å². The molecule has 4 nitrogen and oxygen atoms in total. The van der Waals surface area contributed by atoms with Crippen molar-refractivity contribution in [2.24, 2.45) is 11.3 Å². The fraction of sp³-hybridized carbons (Fsp3) is 0.941. The number of nitrogens with one attached hydrogen (secondary N) is 2. The zero-order valence-electron chi connectivity index (χ0n) is 13.9. The van der Waals surface area contributed by atoms with E-state index >= 15 is 0 Å². The Labute approximate surface area is 130 Å². The maximum Gasteiger partial charge on any atom is 0.227 e. The molecule has 1 atom stereocenters. The molecule has 4 heteroatoms. The Balaban J connectivity index is 1.64. The smallest absolute Gasteiger partial charge is 0.227 e. The van der Waals surface area contributed by atoms with Gasteiger partial charge in [-0.05, 0) is 70.6 Å². The molecule has 0 radical (unpaired) electrons. The van der Waals surface area contributed by atoms with E-state index in [1.807, 2.05) is 0 Å². The molecule has 0 aliphatic carbocycles. The molecule has 2 N–H and O–H groups in total. The van der Waals surface area contributed by atoms with Crippen LogP contribution in [-0.2, 0) is 4.79 Å². The highest BCUT2D eigenvalue weighted by Crippen LogP contribution is 2.30. The Morgan fingerprint density at radius 2 is 2.14 bits per heavy atom. The largest absolute Gasteiger partial charge is 0.356 e. The van der Waals surface area contributed by atoms with Crippen molar-refractivity contribution in [2.45, 2.75) is 52.4 Å². The maximum atomic E-state index is 12.5. The second kappa shape index (κ2) is 8.14. The quantitative estimate of drug-likeness (QED) is 0.737. The number of hydrogen-bond donors (Lipinski definition) is 2. The average Bonchev–Trinajstić information content (AvgIpc) is 2.53. The van der Waals surface area contributed by atoms with Crippen molar-refractivity contribution < 1.29 is 4.79 Å². The molecular formula is C17H33N3O. The van der Waals surface area contributed by atoms with Crippen molar-refractivity contribution in [2.75, 3.05) is 39.3 Å². The predicted octanol–water partition coefficient (Wildman–Crippen LogP) is 2.00. The first-order valence-corrected chi connectivity index (χ1v) is 8.88. The summed E-state index contributed by atoms with van der Waals surface area (Å²) in [4.78, 5) is 15.0. The van der Waals surface area contributed by atoms with Gasteiger partial charge in [0.05, 0.1) is 5.41 Å². The van der Waals surface area contributed by atoms with Crippen molar-refractivity contribution in [3.8, 4) is 0 Å². The highest BCUT2D eigenvalue weighted by atomic mass is 16.2. The van der Waals surface area contributed by atoms with E-state index in [4.69, 9.17) is 0 Å². The predicted molar refractivity (Wildman–Crippen MR) is 87.3 cm³/mol. The number of piperidine rings is 2. The van der Waals surface area contributed by atoms with Gasteiger partial charge in [-0.2, -0.15) is 0 Å². The normalized spacial score (nSPS) is 28.5. The van der Waals surface area contributed by atoms with E-state index in [9.17, 15) is 4.79 Å². The summed E-state index contributed by atoms with van der Waals surface area (Å²) >= 11 is 0. The molecule has 1 amide bonds. The molecule has 0 aromatic rings. The van der Waals surface area contributed by atoms with Crippen LogP contribution < -0.4 is 10.6 Å². The monoisotopic (exact) mass is 295 g/mol. The van der Waals surface area contributed by atoms with Crippen molar-refractivity contribution >= 4 is 5.91 Å². The first-order chi connectivity index (χ1) is 10.2. The Morgan fingerprint density at radius 3 is 2.76 bits per heavy atom. The third kappa shape index (κ3) is 4.68. The summed E-state index contributed by atoms with van der Waals surface area (Å²) < 4.78 is 0. The number of likely N-dealkylation sites (tertiary alicyclic amines) is 1. The molecule has 0 spiro atoms. The van der Waals surface area contributed by atoms with Gasteiger partial charge < -0.3 is 15.5 Å². The number of nitrogens with zero attached hydrogens (tertiary/aromatic N) is 1. The highest BCUT2D eigenvalue weighted by molar-refractivity contribution is 5.82. The van der Waals surface area contributed by atoms with Crippen LogP contribution in [0.15, 0.2) is 0 Å². The number of rotatable bonds is 6. The summed E-state index contributed by atoms with van der Waals surface area (Å²) in [6.45, 7) is 10.8. The fourth-order valence-corrected chi connectivity index (χ4v) is 3.60. The third-order valence-electron chi connectivity index (χ3n) is 5.44. The van der Waals surface area contributed by atoms with Crippen LogP contribution in [0.4, 0.5) is 0 Å². The van der Waals surface area contributed by atoms with E-state index < -0.39 is 0 Å². The fourth-order valence-electron chi connectivity index (χ4n) is 3.60. The molecule has 2 aliphatic heterocycles. The first-order valence-electron chi connectivity index (χ1n) is 8.88. The van der Waals surface area contributed by atoms with Gasteiger partial charge in [0.1, 0.15) is 0 Å². The van der Waals surface area contributed by atoms with Crippen LogP contribution in [0.3, 0.4) is 0 Å². The lowest BCUT2D eigenvalue weighted by atomic mass is 9.77. The molecule has 2 aliphatic rings. The van der Waals surface area contributed by atoms with Gasteiger partial charge in [-0.3, -0.25) is 4.79 Å². The molecule has 2 rings (SSSR count). The van der Waals surface area contributed by atoms with E-state index in [1.54, 1.807) is 0 Å². The molecule has 2 heterocycles. The molecule has 0 aromatic heterocycles. The topological polar surface area (TPSA) is 44.4 Å². The lowest BCUT2D eigenvalue weighted by Crippen LogP contribution is -2.50. The minimum absolute atomic E-state index is 0.154. The van der Waals surface area contributed by atoms with E-state index in [1.165, 1.54) is 25.9 Å². The number of amides is 1. The van der Waals surface area contributed by atoms with Crippen LogP contribution >= 0.6 is 0 Å². The summed E-state index contributed by atoms with van der Waals surface area (Å²) in [5, 5.41) is 6.57. The van der Waals surface area contributed by atoms with Gasteiger partial charge in [-0.15, -0.1) is 0 Å². The lowest BCUT2D eigenvalue weighted by molar-refractivity contribution is -0.132. The maximum absolute atomic E-state index is 12.5. The second-order valence-corrected chi connectivity index (χ2v) is 7.05. The van der Waals surface area contributed by atoms with Crippen LogP contribution in [0.5, 0.6) is 0 Å². The second-order valence-electron chi connectivity index (χ2n) is 7.05. The molecule has 122 valence electrons. The van der Waals surface area contributed by atoms with Gasteiger partial charge in [0.2, 0.25) is 5.91 Å². The highest BCUT2D eigenvalue weighted by Gasteiger charge is 2.37. The summed E-state index contributed by atoms with van der Waals surface area (Å²) in [7, 11) is 0. The minimum Gasteiger partial charge on any atom is -0.356 e. The first kappa shape index (κ1) is 16.8. The zero-order valence-corrected chi connectivity index (χ0v) is 13.9. The van der Waals surface area contributed by atoms with Crippen molar-refractivity contribution in [1.29, 1.82) is 0 Å². The molecule has 0 saturated carbocycles. The van der Waals surface area contributed by atoms with Gasteiger partial charge in [0.15, 0.2) is 0 Å². The molecule has 21 heavy (non-hydrogen) atoms. The van der Waals surface area contributed by atoms with Crippen LogP contribution in [-0.4, -0.2) is 50.1 Å². The van der Waals surface area contributed by atoms with Gasteiger partial charge >= 0.3 is 0 Å². The standard InChI is InChI=1S/C17H33N3O/c1-3-17(8-4-9-18-14-17)16(21)19-10-5-11-20-12-6-15(2)7-13-20/h15,18H,3-14H2,1-2H3,(H,19,21). The molecule has 2 fully saturated rings. The van der Waals surface area contributed by atoms with E-state index in [0.29, 0.717) is 0 Å². The average molecular weight is 295 g/mol. The Morgan fingerprint density at radius 1 is 1.38 bits per heavy atom. The Kier molecular flexibility index (Phi) is 6.49. The molecule has 0 bridgehead atoms.